The highest BCUT2D eigenvalue weighted by atomic mass is 19.4. The number of primary amides is 1. The number of hydrogen-bond donors (Lipinski definition) is 3. The largest absolute Gasteiger partial charge is 0.480 e. The van der Waals surface area contributed by atoms with Crippen molar-refractivity contribution in [3.63, 3.8) is 0 Å². The van der Waals surface area contributed by atoms with Gasteiger partial charge in [0.2, 0.25) is 0 Å². The van der Waals surface area contributed by atoms with Crippen molar-refractivity contribution in [2.45, 2.75) is 18.9 Å². The number of urea groups is 1. The van der Waals surface area contributed by atoms with Crippen LogP contribution in [0.25, 0.3) is 0 Å². The van der Waals surface area contributed by atoms with E-state index in [1.807, 2.05) is 0 Å². The molecule has 0 radical (unpaired) electrons. The molecule has 0 fully saturated rings. The number of carbonyl (C=O) groups is 2. The molecule has 4 N–H and O–H groups in total. The number of carboxylic acid groups (broad SMARTS) is 1. The average Bonchev–Trinajstić information content (AvgIpc) is 2.01. The Hall–Kier alpha value is -1.44. The van der Waals surface area contributed by atoms with Crippen molar-refractivity contribution in [1.82, 2.24) is 10.7 Å². The van der Waals surface area contributed by atoms with Gasteiger partial charge in [-0.25, -0.2) is 4.79 Å². The maximum atomic E-state index is 11.9. The lowest BCUT2D eigenvalue weighted by atomic mass is 10.2. The molecular formula is C6H11F2N3O3. The van der Waals surface area contributed by atoms with E-state index in [9.17, 15) is 18.6 Å². The third kappa shape index (κ3) is 5.25. The van der Waals surface area contributed by atoms with Crippen LogP contribution in [0.2, 0.25) is 0 Å². The lowest BCUT2D eigenvalue weighted by Gasteiger charge is -2.11. The molecule has 82 valence electrons. The maximum absolute atomic E-state index is 11.9. The summed E-state index contributed by atoms with van der Waals surface area (Å²) in [7, 11) is 0. The van der Waals surface area contributed by atoms with Gasteiger partial charge in [-0.2, -0.15) is 0 Å². The quantitative estimate of drug-likeness (QED) is 0.424. The van der Waals surface area contributed by atoms with Gasteiger partial charge in [0.05, 0.1) is 0 Å². The van der Waals surface area contributed by atoms with Gasteiger partial charge in [-0.3, -0.25) is 4.79 Å². The molecule has 0 spiro atoms. The zero-order chi connectivity index (χ0) is 11.1. The third-order valence-electron chi connectivity index (χ3n) is 1.47. The molecule has 0 saturated carbocycles. The number of halogens is 2. The Balaban J connectivity index is 3.73. The molecule has 8 heteroatoms. The van der Waals surface area contributed by atoms with Crippen LogP contribution in [-0.4, -0.2) is 35.0 Å². The summed E-state index contributed by atoms with van der Waals surface area (Å²) in [5, 5.41) is 9.11. The fourth-order valence-corrected chi connectivity index (χ4v) is 0.812. The molecule has 0 aromatic heterocycles. The molecule has 0 aliphatic heterocycles. The molecule has 0 rings (SSSR count). The topological polar surface area (TPSA) is 95.7 Å². The monoisotopic (exact) mass is 211 g/mol. The Morgan fingerprint density at radius 3 is 2.43 bits per heavy atom. The fraction of sp³-hybridized carbons (Fsp3) is 0.667. The van der Waals surface area contributed by atoms with E-state index in [0.29, 0.717) is 0 Å². The molecule has 0 unspecified atom stereocenters. The van der Waals surface area contributed by atoms with Crippen LogP contribution >= 0.6 is 0 Å². The van der Waals surface area contributed by atoms with Gasteiger partial charge in [-0.05, 0) is 12.8 Å². The zero-order valence-electron chi connectivity index (χ0n) is 7.24. The summed E-state index contributed by atoms with van der Waals surface area (Å²) in [6, 6.07) is -2.61. The summed E-state index contributed by atoms with van der Waals surface area (Å²) < 4.78 is 23.8. The minimum absolute atomic E-state index is 0.0763. The van der Waals surface area contributed by atoms with Crippen molar-refractivity contribution in [1.29, 1.82) is 0 Å². The van der Waals surface area contributed by atoms with Crippen molar-refractivity contribution in [2.75, 3.05) is 6.54 Å². The first-order valence-corrected chi connectivity index (χ1v) is 3.82. The number of carbonyl (C=O) groups excluding carboxylic acids is 1. The summed E-state index contributed by atoms with van der Waals surface area (Å²) in [4.78, 5) is 20.4. The first-order valence-electron chi connectivity index (χ1n) is 3.82. The van der Waals surface area contributed by atoms with E-state index in [1.54, 1.807) is 0 Å². The molecule has 0 aromatic rings. The summed E-state index contributed by atoms with van der Waals surface area (Å²) in [5.41, 5.74) is 4.70. The van der Waals surface area contributed by atoms with Crippen LogP contribution in [0.5, 0.6) is 0 Å². The predicted molar refractivity (Wildman–Crippen MR) is 42.3 cm³/mol. The molecule has 0 aromatic carbocycles. The molecule has 14 heavy (non-hydrogen) atoms. The highest BCUT2D eigenvalue weighted by molar-refractivity contribution is 5.73. The molecular weight excluding hydrogens is 200 g/mol. The van der Waals surface area contributed by atoms with Gasteiger partial charge in [0.1, 0.15) is 0 Å². The van der Waals surface area contributed by atoms with E-state index < -0.39 is 23.4 Å². The Kier molecular flexibility index (Phi) is 5.46. The summed E-state index contributed by atoms with van der Waals surface area (Å²) >= 11 is 0. The highest BCUT2D eigenvalue weighted by Crippen LogP contribution is 2.08. The molecule has 1 atom stereocenters. The van der Waals surface area contributed by atoms with E-state index in [4.69, 9.17) is 10.8 Å². The number of carboxylic acids is 1. The van der Waals surface area contributed by atoms with Crippen molar-refractivity contribution in [3.8, 4) is 0 Å². The van der Waals surface area contributed by atoms with E-state index >= 15 is 0 Å². The van der Waals surface area contributed by atoms with Crippen LogP contribution in [-0.2, 0) is 4.79 Å². The van der Waals surface area contributed by atoms with Crippen LogP contribution in [0.1, 0.15) is 12.8 Å². The second-order valence-electron chi connectivity index (χ2n) is 2.55. The molecule has 0 aliphatic carbocycles. The van der Waals surface area contributed by atoms with Gasteiger partial charge in [0, 0.05) is 11.9 Å². The number of rotatable bonds is 6. The number of nitrogens with zero attached hydrogens (tertiary/aromatic N) is 1. The number of amides is 2. The number of hydrogen-bond acceptors (Lipinski definition) is 3. The summed E-state index contributed by atoms with van der Waals surface area (Å²) in [6.07, 6.45) is -0.146. The van der Waals surface area contributed by atoms with Crippen molar-refractivity contribution < 1.29 is 23.7 Å². The lowest BCUT2D eigenvalue weighted by molar-refractivity contribution is -0.202. The summed E-state index contributed by atoms with van der Waals surface area (Å²) in [6.45, 7) is 0.0763. The van der Waals surface area contributed by atoms with Crippen LogP contribution in [0.15, 0.2) is 0 Å². The third-order valence-corrected chi connectivity index (χ3v) is 1.47. The second kappa shape index (κ2) is 6.08. The zero-order valence-corrected chi connectivity index (χ0v) is 7.24. The molecule has 2 amide bonds. The van der Waals surface area contributed by atoms with Gasteiger partial charge >= 0.3 is 12.0 Å². The second-order valence-corrected chi connectivity index (χ2v) is 2.55. The molecule has 0 aliphatic rings. The van der Waals surface area contributed by atoms with Crippen molar-refractivity contribution in [2.24, 2.45) is 5.73 Å². The summed E-state index contributed by atoms with van der Waals surface area (Å²) in [5.74, 6) is -1.60. The first-order chi connectivity index (χ1) is 6.45. The SMILES string of the molecule is NC(=O)NCCC[C@@H](C(=O)O)N(F)F. The fourth-order valence-electron chi connectivity index (χ4n) is 0.812. The Bertz CT molecular complexity index is 212. The molecule has 0 heterocycles. The minimum atomic E-state index is -1.84. The van der Waals surface area contributed by atoms with Crippen LogP contribution in [0, 0.1) is 0 Å². The van der Waals surface area contributed by atoms with Crippen LogP contribution in [0.4, 0.5) is 13.8 Å². The smallest absolute Gasteiger partial charge is 0.326 e. The molecule has 0 saturated heterocycles. The minimum Gasteiger partial charge on any atom is -0.480 e. The van der Waals surface area contributed by atoms with Crippen LogP contribution in [0.3, 0.4) is 0 Å². The van der Waals surface area contributed by atoms with Crippen LogP contribution < -0.4 is 11.1 Å². The molecule has 0 bridgehead atoms. The van der Waals surface area contributed by atoms with Gasteiger partial charge in [-0.1, -0.05) is 0 Å². The Morgan fingerprint density at radius 2 is 2.07 bits per heavy atom. The normalized spacial score (nSPS) is 12.5. The number of nitrogens with two attached hydrogens (primary N) is 1. The van der Waals surface area contributed by atoms with E-state index in [0.717, 1.165) is 0 Å². The Morgan fingerprint density at radius 1 is 1.50 bits per heavy atom. The number of nitrogens with one attached hydrogen (secondary N) is 1. The first kappa shape index (κ1) is 12.6. The number of aliphatic carboxylic acids is 1. The van der Waals surface area contributed by atoms with Gasteiger partial charge in [0.15, 0.2) is 6.04 Å². The molecule has 6 nitrogen and oxygen atoms in total. The van der Waals surface area contributed by atoms with Gasteiger partial charge < -0.3 is 16.2 Å². The standard InChI is InChI=1S/C6H11F2N3O3/c7-11(8)4(5(12)13)2-1-3-10-6(9)14/h4H,1-3H2,(H,12,13)(H3,9,10,14)/t4-/m0/s1. The van der Waals surface area contributed by atoms with E-state index in [1.165, 1.54) is 0 Å². The van der Waals surface area contributed by atoms with Gasteiger partial charge in [-0.15, -0.1) is 8.96 Å². The van der Waals surface area contributed by atoms with Crippen molar-refractivity contribution in [3.05, 3.63) is 0 Å². The predicted octanol–water partition coefficient (Wildman–Crippen LogP) is -0.0409. The van der Waals surface area contributed by atoms with Gasteiger partial charge in [0.25, 0.3) is 0 Å². The van der Waals surface area contributed by atoms with Crippen molar-refractivity contribution >= 4 is 12.0 Å². The average molecular weight is 211 g/mol. The lowest BCUT2D eigenvalue weighted by Crippen LogP contribution is -2.34. The van der Waals surface area contributed by atoms with E-state index in [-0.39, 0.29) is 19.4 Å². The maximum Gasteiger partial charge on any atom is 0.326 e. The van der Waals surface area contributed by atoms with E-state index in [2.05, 4.69) is 5.32 Å². The highest BCUT2D eigenvalue weighted by Gasteiger charge is 2.25. The Labute approximate surface area is 78.5 Å².